The van der Waals surface area contributed by atoms with Crippen LogP contribution in [0, 0.1) is 17.2 Å². The Kier molecular flexibility index (Phi) is 7.70. The van der Waals surface area contributed by atoms with Gasteiger partial charge in [0.1, 0.15) is 5.82 Å². The summed E-state index contributed by atoms with van der Waals surface area (Å²) in [5, 5.41) is 7.05. The lowest BCUT2D eigenvalue weighted by Crippen LogP contribution is -2.37. The van der Waals surface area contributed by atoms with Gasteiger partial charge in [0.15, 0.2) is 0 Å². The zero-order valence-electron chi connectivity index (χ0n) is 19.9. The number of hydrogen-bond acceptors (Lipinski definition) is 6. The summed E-state index contributed by atoms with van der Waals surface area (Å²) in [4.78, 5) is 23.8. The largest absolute Gasteiger partial charge is 0.383 e. The minimum absolute atomic E-state index is 0.0864. The number of aromatic nitrogens is 2. The van der Waals surface area contributed by atoms with E-state index in [1.807, 2.05) is 30.3 Å². The summed E-state index contributed by atoms with van der Waals surface area (Å²) in [5.41, 5.74) is 3.60. The van der Waals surface area contributed by atoms with Crippen molar-refractivity contribution >= 4 is 11.7 Å². The minimum Gasteiger partial charge on any atom is -0.383 e. The van der Waals surface area contributed by atoms with E-state index in [2.05, 4.69) is 37.7 Å². The van der Waals surface area contributed by atoms with Gasteiger partial charge >= 0.3 is 5.97 Å². The third-order valence-corrected chi connectivity index (χ3v) is 6.48. The third-order valence-electron chi connectivity index (χ3n) is 6.48. The van der Waals surface area contributed by atoms with E-state index in [-0.39, 0.29) is 24.2 Å². The van der Waals surface area contributed by atoms with Crippen molar-refractivity contribution in [2.75, 3.05) is 18.4 Å². The highest BCUT2D eigenvalue weighted by molar-refractivity contribution is 5.75. The summed E-state index contributed by atoms with van der Waals surface area (Å²) in [6, 6.07) is 15.8. The van der Waals surface area contributed by atoms with Crippen LogP contribution in [0.3, 0.4) is 0 Å². The van der Waals surface area contributed by atoms with Gasteiger partial charge < -0.3 is 10.6 Å². The van der Waals surface area contributed by atoms with Crippen molar-refractivity contribution in [2.24, 2.45) is 11.3 Å². The van der Waals surface area contributed by atoms with Gasteiger partial charge in [-0.25, -0.2) is 9.18 Å². The van der Waals surface area contributed by atoms with Crippen LogP contribution in [0.1, 0.15) is 42.4 Å². The smallest absolute Gasteiger partial charge is 0.354 e. The number of fused-ring (bicyclic) bond motifs is 1. The second-order valence-corrected chi connectivity index (χ2v) is 9.67. The molecule has 0 unspecified atom stereocenters. The number of nitrogens with one attached hydrogen (secondary N) is 2. The molecule has 3 heterocycles. The van der Waals surface area contributed by atoms with E-state index in [0.29, 0.717) is 12.2 Å². The fourth-order valence-corrected chi connectivity index (χ4v) is 4.58. The molecule has 1 aromatic carbocycles. The van der Waals surface area contributed by atoms with E-state index in [1.54, 1.807) is 20.0 Å². The average molecular weight is 481 g/mol. The van der Waals surface area contributed by atoms with E-state index >= 15 is 0 Å². The van der Waals surface area contributed by atoms with Gasteiger partial charge in [-0.05, 0) is 56.5 Å². The predicted octanol–water partition coefficient (Wildman–Crippen LogP) is 4.77. The number of halogens is 2. The van der Waals surface area contributed by atoms with Crippen molar-refractivity contribution in [3.8, 4) is 0 Å². The summed E-state index contributed by atoms with van der Waals surface area (Å²) < 4.78 is 26.0. The highest BCUT2D eigenvalue weighted by atomic mass is 19.3. The molecule has 2 atom stereocenters. The van der Waals surface area contributed by atoms with Crippen LogP contribution in [0.5, 0.6) is 0 Å². The van der Waals surface area contributed by atoms with Gasteiger partial charge in [-0.1, -0.05) is 30.3 Å². The van der Waals surface area contributed by atoms with Gasteiger partial charge in [0.05, 0.1) is 23.0 Å². The maximum Gasteiger partial charge on any atom is 0.354 e. The van der Waals surface area contributed by atoms with Crippen molar-refractivity contribution in [3.63, 3.8) is 0 Å². The fourth-order valence-electron chi connectivity index (χ4n) is 4.58. The molecule has 0 radical (unpaired) electrons. The van der Waals surface area contributed by atoms with Crippen molar-refractivity contribution in [2.45, 2.75) is 39.2 Å². The first kappa shape index (κ1) is 24.7. The topological polar surface area (TPSA) is 76.1 Å². The molecule has 6 nitrogen and oxygen atoms in total. The number of benzene rings is 1. The molecule has 2 aromatic heterocycles. The first-order valence-electron chi connectivity index (χ1n) is 11.8. The molecule has 4 rings (SSSR count). The van der Waals surface area contributed by atoms with Crippen molar-refractivity contribution < 1.29 is 18.7 Å². The zero-order chi connectivity index (χ0) is 24.8. The van der Waals surface area contributed by atoms with Gasteiger partial charge in [-0.2, -0.15) is 0 Å². The zero-order valence-corrected chi connectivity index (χ0v) is 19.9. The molecule has 1 aliphatic heterocycles. The fraction of sp³-hybridized carbons (Fsp3) is 0.370. The maximum atomic E-state index is 13.6. The van der Waals surface area contributed by atoms with Gasteiger partial charge in [0.2, 0.25) is 0 Å². The lowest BCUT2D eigenvalue weighted by Gasteiger charge is -2.33. The maximum absolute atomic E-state index is 13.6. The van der Waals surface area contributed by atoms with Crippen LogP contribution in [0.25, 0.3) is 0 Å². The van der Waals surface area contributed by atoms with Crippen LogP contribution in [0.4, 0.5) is 14.6 Å². The first-order valence-corrected chi connectivity index (χ1v) is 11.8. The van der Waals surface area contributed by atoms with Crippen LogP contribution in [0.2, 0.25) is 0 Å². The standard InChI is InChI=1S/C27H30F2N4O2/c1-27(2,26(34)35-29)15-22-12-18(8-10-30-22)9-11-31-25(19-6-4-3-5-7-19)20-13-23-24(32-16-20)14-21(28)17-33-23/h3-8,10,12,14,17,20,25,31-32H,9,11,13,15-16H2,1-2H3/t20-,25-/m1/s1. The molecule has 0 saturated heterocycles. The molecule has 0 fully saturated rings. The number of carbonyl (C=O) groups is 1. The van der Waals surface area contributed by atoms with Crippen LogP contribution >= 0.6 is 0 Å². The Morgan fingerprint density at radius 3 is 2.80 bits per heavy atom. The molecule has 0 bridgehead atoms. The first-order chi connectivity index (χ1) is 16.9. The Balaban J connectivity index is 1.43. The molecule has 2 N–H and O–H groups in total. The van der Waals surface area contributed by atoms with E-state index in [4.69, 9.17) is 0 Å². The molecular weight excluding hydrogens is 450 g/mol. The van der Waals surface area contributed by atoms with Gasteiger partial charge in [-0.15, -0.1) is 0 Å². The number of pyridine rings is 2. The SMILES string of the molecule is CC(C)(Cc1cc(CCN[C@H](c2ccccc2)[C@H]2CNc3cc(F)cnc3C2)ccn1)C(=O)OF. The Morgan fingerprint density at radius 1 is 1.23 bits per heavy atom. The molecule has 0 saturated carbocycles. The molecule has 3 aromatic rings. The van der Waals surface area contributed by atoms with Gasteiger partial charge in [-0.3, -0.25) is 14.9 Å². The number of hydrogen-bond donors (Lipinski definition) is 2. The van der Waals surface area contributed by atoms with E-state index in [1.165, 1.54) is 17.8 Å². The normalized spacial score (nSPS) is 16.2. The van der Waals surface area contributed by atoms with Gasteiger partial charge in [0.25, 0.3) is 0 Å². The molecule has 0 aliphatic carbocycles. The highest BCUT2D eigenvalue weighted by Crippen LogP contribution is 2.31. The van der Waals surface area contributed by atoms with Crippen LogP contribution in [0.15, 0.2) is 60.9 Å². The monoisotopic (exact) mass is 480 g/mol. The molecule has 184 valence electrons. The summed E-state index contributed by atoms with van der Waals surface area (Å²) in [5.74, 6) is -1.01. The molecule has 0 spiro atoms. The second-order valence-electron chi connectivity index (χ2n) is 9.67. The lowest BCUT2D eigenvalue weighted by atomic mass is 9.86. The van der Waals surface area contributed by atoms with E-state index in [9.17, 15) is 13.7 Å². The van der Waals surface area contributed by atoms with Crippen LogP contribution in [-0.2, 0) is 29.0 Å². The summed E-state index contributed by atoms with van der Waals surface area (Å²) in [6.07, 6.45) is 4.76. The highest BCUT2D eigenvalue weighted by Gasteiger charge is 2.31. The Labute approximate surface area is 204 Å². The number of rotatable bonds is 9. The number of nitrogens with zero attached hydrogens (tertiary/aromatic N) is 2. The summed E-state index contributed by atoms with van der Waals surface area (Å²) in [7, 11) is 0. The lowest BCUT2D eigenvalue weighted by molar-refractivity contribution is -0.194. The summed E-state index contributed by atoms with van der Waals surface area (Å²) in [6.45, 7) is 4.70. The van der Waals surface area contributed by atoms with Gasteiger partial charge in [0, 0.05) is 47.4 Å². The van der Waals surface area contributed by atoms with Crippen molar-refractivity contribution in [3.05, 3.63) is 89.3 Å². The second kappa shape index (κ2) is 10.9. The van der Waals surface area contributed by atoms with E-state index in [0.717, 1.165) is 36.3 Å². The molecule has 1 aliphatic rings. The molecule has 8 heteroatoms. The Morgan fingerprint density at radius 2 is 2.03 bits per heavy atom. The molecule has 0 amide bonds. The van der Waals surface area contributed by atoms with Crippen molar-refractivity contribution in [1.29, 1.82) is 0 Å². The predicted molar refractivity (Wildman–Crippen MR) is 130 cm³/mol. The van der Waals surface area contributed by atoms with Crippen molar-refractivity contribution in [1.82, 2.24) is 15.3 Å². The number of carbonyl (C=O) groups excluding carboxylic acids is 1. The Hall–Kier alpha value is -3.39. The summed E-state index contributed by atoms with van der Waals surface area (Å²) >= 11 is 0. The minimum atomic E-state index is -1.00. The third kappa shape index (κ3) is 6.19. The van der Waals surface area contributed by atoms with E-state index < -0.39 is 11.4 Å². The Bertz CT molecular complexity index is 1160. The quantitative estimate of drug-likeness (QED) is 0.460. The molecular formula is C27H30F2N4O2. The average Bonchev–Trinajstić information content (AvgIpc) is 2.86. The number of anilines is 1. The molecule has 35 heavy (non-hydrogen) atoms. The van der Waals surface area contributed by atoms with Crippen LogP contribution < -0.4 is 10.6 Å². The van der Waals surface area contributed by atoms with Crippen LogP contribution in [-0.4, -0.2) is 29.0 Å².